The SMILES string of the molecule is CCCCOC(=O)c1ccc(NC(=O)CSc2cccc(NC(=O)C3CC3)c2)cc1. The van der Waals surface area contributed by atoms with Crippen LogP contribution in [0.2, 0.25) is 0 Å². The van der Waals surface area contributed by atoms with Gasteiger partial charge in [-0.3, -0.25) is 9.59 Å². The van der Waals surface area contributed by atoms with Crippen LogP contribution in [0.5, 0.6) is 0 Å². The Kier molecular flexibility index (Phi) is 7.90. The first-order valence-corrected chi connectivity index (χ1v) is 11.1. The molecule has 0 spiro atoms. The molecule has 30 heavy (non-hydrogen) atoms. The van der Waals surface area contributed by atoms with E-state index in [1.165, 1.54) is 11.8 Å². The van der Waals surface area contributed by atoms with Crippen molar-refractivity contribution in [1.82, 2.24) is 0 Å². The van der Waals surface area contributed by atoms with Crippen molar-refractivity contribution in [2.75, 3.05) is 23.0 Å². The second-order valence-corrected chi connectivity index (χ2v) is 8.24. The highest BCUT2D eigenvalue weighted by molar-refractivity contribution is 8.00. The van der Waals surface area contributed by atoms with Crippen LogP contribution in [0.1, 0.15) is 43.0 Å². The van der Waals surface area contributed by atoms with Gasteiger partial charge in [-0.15, -0.1) is 11.8 Å². The Hall–Kier alpha value is -2.80. The lowest BCUT2D eigenvalue weighted by Gasteiger charge is -2.08. The van der Waals surface area contributed by atoms with Crippen molar-refractivity contribution in [2.45, 2.75) is 37.5 Å². The molecule has 3 rings (SSSR count). The summed E-state index contributed by atoms with van der Waals surface area (Å²) in [5.41, 5.74) is 1.83. The quantitative estimate of drug-likeness (QED) is 0.326. The van der Waals surface area contributed by atoms with Crippen molar-refractivity contribution in [3.63, 3.8) is 0 Å². The minimum atomic E-state index is -0.356. The van der Waals surface area contributed by atoms with Gasteiger partial charge in [0.1, 0.15) is 0 Å². The van der Waals surface area contributed by atoms with E-state index < -0.39 is 0 Å². The van der Waals surface area contributed by atoms with Crippen LogP contribution < -0.4 is 10.6 Å². The van der Waals surface area contributed by atoms with Crippen LogP contribution in [0.25, 0.3) is 0 Å². The van der Waals surface area contributed by atoms with Crippen molar-refractivity contribution in [3.05, 3.63) is 54.1 Å². The average Bonchev–Trinajstić information content (AvgIpc) is 3.59. The number of rotatable bonds is 10. The predicted octanol–water partition coefficient (Wildman–Crippen LogP) is 4.72. The number of amides is 2. The van der Waals surface area contributed by atoms with E-state index in [1.807, 2.05) is 31.2 Å². The van der Waals surface area contributed by atoms with Gasteiger partial charge in [-0.2, -0.15) is 0 Å². The molecule has 0 saturated heterocycles. The number of ether oxygens (including phenoxy) is 1. The zero-order chi connectivity index (χ0) is 21.3. The average molecular weight is 427 g/mol. The number of hydrogen-bond acceptors (Lipinski definition) is 5. The summed E-state index contributed by atoms with van der Waals surface area (Å²) in [6.45, 7) is 2.45. The number of carbonyl (C=O) groups excluding carboxylic acids is 3. The summed E-state index contributed by atoms with van der Waals surface area (Å²) in [5.74, 6) is -0.0543. The van der Waals surface area contributed by atoms with Gasteiger partial charge in [0.2, 0.25) is 11.8 Å². The molecule has 2 aromatic carbocycles. The maximum absolute atomic E-state index is 12.2. The molecule has 0 atom stereocenters. The maximum Gasteiger partial charge on any atom is 0.338 e. The molecule has 1 aliphatic rings. The van der Waals surface area contributed by atoms with Crippen LogP contribution >= 0.6 is 11.8 Å². The summed E-state index contributed by atoms with van der Waals surface area (Å²) < 4.78 is 5.17. The smallest absolute Gasteiger partial charge is 0.338 e. The third-order valence-electron chi connectivity index (χ3n) is 4.56. The molecular weight excluding hydrogens is 400 g/mol. The molecule has 1 fully saturated rings. The van der Waals surface area contributed by atoms with Gasteiger partial charge < -0.3 is 15.4 Å². The Balaban J connectivity index is 1.45. The molecular formula is C23H26N2O4S. The van der Waals surface area contributed by atoms with Crippen molar-refractivity contribution < 1.29 is 19.1 Å². The lowest BCUT2D eigenvalue weighted by atomic mass is 10.2. The molecule has 7 heteroatoms. The number of unbranched alkanes of at least 4 members (excludes halogenated alkanes) is 1. The third-order valence-corrected chi connectivity index (χ3v) is 5.55. The summed E-state index contributed by atoms with van der Waals surface area (Å²) in [7, 11) is 0. The fourth-order valence-corrected chi connectivity index (χ4v) is 3.44. The summed E-state index contributed by atoms with van der Waals surface area (Å²) in [5, 5.41) is 5.73. The van der Waals surface area contributed by atoms with Crippen LogP contribution in [-0.4, -0.2) is 30.1 Å². The number of anilines is 2. The van der Waals surface area contributed by atoms with Crippen molar-refractivity contribution >= 4 is 40.9 Å². The number of nitrogens with one attached hydrogen (secondary N) is 2. The van der Waals surface area contributed by atoms with Gasteiger partial charge in [-0.05, 0) is 61.7 Å². The first kappa shape index (κ1) is 21.9. The molecule has 0 aromatic heterocycles. The van der Waals surface area contributed by atoms with Gasteiger partial charge >= 0.3 is 5.97 Å². The van der Waals surface area contributed by atoms with E-state index in [0.717, 1.165) is 36.3 Å². The molecule has 6 nitrogen and oxygen atoms in total. The predicted molar refractivity (Wildman–Crippen MR) is 119 cm³/mol. The first-order chi connectivity index (χ1) is 14.5. The summed E-state index contributed by atoms with van der Waals surface area (Å²) in [6.07, 6.45) is 3.73. The van der Waals surface area contributed by atoms with Crippen molar-refractivity contribution in [3.8, 4) is 0 Å². The fraction of sp³-hybridized carbons (Fsp3) is 0.348. The van der Waals surface area contributed by atoms with Crippen molar-refractivity contribution in [2.24, 2.45) is 5.92 Å². The Morgan fingerprint density at radius 2 is 1.80 bits per heavy atom. The molecule has 1 aliphatic carbocycles. The van der Waals surface area contributed by atoms with Gasteiger partial charge in [-0.25, -0.2) is 4.79 Å². The van der Waals surface area contributed by atoms with E-state index >= 15 is 0 Å². The Morgan fingerprint density at radius 3 is 2.50 bits per heavy atom. The van der Waals surface area contributed by atoms with E-state index in [4.69, 9.17) is 4.74 Å². The molecule has 0 unspecified atom stereocenters. The molecule has 2 amide bonds. The van der Waals surface area contributed by atoms with Crippen molar-refractivity contribution in [1.29, 1.82) is 0 Å². The summed E-state index contributed by atoms with van der Waals surface area (Å²) >= 11 is 1.39. The molecule has 0 aliphatic heterocycles. The molecule has 0 radical (unpaired) electrons. The number of carbonyl (C=O) groups is 3. The van der Waals surface area contributed by atoms with E-state index in [0.29, 0.717) is 17.9 Å². The molecule has 2 aromatic rings. The van der Waals surface area contributed by atoms with Crippen LogP contribution in [0.4, 0.5) is 11.4 Å². The van der Waals surface area contributed by atoms with Gasteiger partial charge in [0.15, 0.2) is 0 Å². The second-order valence-electron chi connectivity index (χ2n) is 7.20. The Labute approximate surface area is 180 Å². The minimum absolute atomic E-state index is 0.0626. The number of benzene rings is 2. The highest BCUT2D eigenvalue weighted by atomic mass is 32.2. The van der Waals surface area contributed by atoms with E-state index in [1.54, 1.807) is 24.3 Å². The maximum atomic E-state index is 12.2. The highest BCUT2D eigenvalue weighted by Crippen LogP contribution is 2.30. The van der Waals surface area contributed by atoms with Gasteiger partial charge in [0.05, 0.1) is 17.9 Å². The summed E-state index contributed by atoms with van der Waals surface area (Å²) in [6, 6.07) is 14.1. The van der Waals surface area contributed by atoms with Crippen LogP contribution in [-0.2, 0) is 14.3 Å². The fourth-order valence-electron chi connectivity index (χ4n) is 2.68. The van der Waals surface area contributed by atoms with E-state index in [-0.39, 0.29) is 29.5 Å². The van der Waals surface area contributed by atoms with Gasteiger partial charge in [-0.1, -0.05) is 19.4 Å². The lowest BCUT2D eigenvalue weighted by Crippen LogP contribution is -2.14. The van der Waals surface area contributed by atoms with Gasteiger partial charge in [0, 0.05) is 22.2 Å². The molecule has 0 heterocycles. The standard InChI is InChI=1S/C23H26N2O4S/c1-2-3-13-29-23(28)17-9-11-18(12-10-17)24-21(26)15-30-20-6-4-5-19(14-20)25-22(27)16-7-8-16/h4-6,9-12,14,16H,2-3,7-8,13,15H2,1H3,(H,24,26)(H,25,27). The zero-order valence-electron chi connectivity index (χ0n) is 17.0. The number of hydrogen-bond donors (Lipinski definition) is 2. The molecule has 0 bridgehead atoms. The number of esters is 1. The van der Waals surface area contributed by atoms with E-state index in [2.05, 4.69) is 10.6 Å². The first-order valence-electron chi connectivity index (χ1n) is 10.2. The topological polar surface area (TPSA) is 84.5 Å². The molecule has 2 N–H and O–H groups in total. The van der Waals surface area contributed by atoms with Gasteiger partial charge in [0.25, 0.3) is 0 Å². The highest BCUT2D eigenvalue weighted by Gasteiger charge is 2.29. The van der Waals surface area contributed by atoms with Crippen LogP contribution in [0.3, 0.4) is 0 Å². The Bertz CT molecular complexity index is 894. The third kappa shape index (κ3) is 6.91. The largest absolute Gasteiger partial charge is 0.462 e. The summed E-state index contributed by atoms with van der Waals surface area (Å²) in [4.78, 5) is 36.9. The molecule has 1 saturated carbocycles. The molecule has 158 valence electrons. The second kappa shape index (κ2) is 10.8. The normalized spacial score (nSPS) is 12.8. The van der Waals surface area contributed by atoms with Crippen LogP contribution in [0.15, 0.2) is 53.4 Å². The monoisotopic (exact) mass is 426 g/mol. The number of thioether (sulfide) groups is 1. The Morgan fingerprint density at radius 1 is 1.03 bits per heavy atom. The van der Waals surface area contributed by atoms with Crippen LogP contribution in [0, 0.1) is 5.92 Å². The zero-order valence-corrected chi connectivity index (χ0v) is 17.8. The minimum Gasteiger partial charge on any atom is -0.462 e. The van der Waals surface area contributed by atoms with E-state index in [9.17, 15) is 14.4 Å². The lowest BCUT2D eigenvalue weighted by molar-refractivity contribution is -0.117.